The van der Waals surface area contributed by atoms with Crippen LogP contribution in [-0.2, 0) is 4.79 Å². The standard InChI is InChI=1S/C17H12Cl2O4/c1-22-15-9-12(10-20)8-14(19)17(15)23-16(21)6-5-11-3-2-4-13(18)7-11/h2-10H,1H3/b6-5+. The maximum Gasteiger partial charge on any atom is 0.336 e. The zero-order valence-electron chi connectivity index (χ0n) is 12.1. The molecular formula is C17H12Cl2O4. The molecule has 6 heteroatoms. The highest BCUT2D eigenvalue weighted by Crippen LogP contribution is 2.36. The van der Waals surface area contributed by atoms with Crippen LogP contribution < -0.4 is 9.47 Å². The van der Waals surface area contributed by atoms with Gasteiger partial charge in [0.1, 0.15) is 6.29 Å². The van der Waals surface area contributed by atoms with E-state index < -0.39 is 5.97 Å². The van der Waals surface area contributed by atoms with E-state index in [1.54, 1.807) is 30.3 Å². The predicted molar refractivity (Wildman–Crippen MR) is 89.5 cm³/mol. The van der Waals surface area contributed by atoms with E-state index in [2.05, 4.69) is 0 Å². The van der Waals surface area contributed by atoms with Gasteiger partial charge >= 0.3 is 5.97 Å². The number of halogens is 2. The second kappa shape index (κ2) is 7.81. The van der Waals surface area contributed by atoms with E-state index >= 15 is 0 Å². The van der Waals surface area contributed by atoms with E-state index in [0.29, 0.717) is 16.9 Å². The minimum Gasteiger partial charge on any atom is -0.493 e. The molecule has 0 saturated heterocycles. The molecule has 0 unspecified atom stereocenters. The summed E-state index contributed by atoms with van der Waals surface area (Å²) in [5.74, 6) is -0.381. The summed E-state index contributed by atoms with van der Waals surface area (Å²) in [6, 6.07) is 9.82. The highest BCUT2D eigenvalue weighted by molar-refractivity contribution is 6.32. The molecule has 0 saturated carbocycles. The van der Waals surface area contributed by atoms with Gasteiger partial charge < -0.3 is 9.47 Å². The number of carbonyl (C=O) groups is 2. The van der Waals surface area contributed by atoms with Crippen molar-refractivity contribution in [2.45, 2.75) is 0 Å². The van der Waals surface area contributed by atoms with Crippen molar-refractivity contribution in [3.05, 3.63) is 63.6 Å². The lowest BCUT2D eigenvalue weighted by molar-refractivity contribution is -0.129. The summed E-state index contributed by atoms with van der Waals surface area (Å²) in [6.45, 7) is 0. The SMILES string of the molecule is COc1cc(C=O)cc(Cl)c1OC(=O)/C=C/c1cccc(Cl)c1. The Kier molecular flexibility index (Phi) is 5.79. The van der Waals surface area contributed by atoms with Gasteiger partial charge in [0.15, 0.2) is 11.5 Å². The van der Waals surface area contributed by atoms with Crippen molar-refractivity contribution in [1.29, 1.82) is 0 Å². The Bertz CT molecular complexity index is 769. The maximum absolute atomic E-state index is 11.9. The molecule has 2 aromatic rings. The van der Waals surface area contributed by atoms with Crippen molar-refractivity contribution in [2.75, 3.05) is 7.11 Å². The molecule has 0 fully saturated rings. The Morgan fingerprint density at radius 1 is 1.13 bits per heavy atom. The molecule has 0 aliphatic carbocycles. The third kappa shape index (κ3) is 4.58. The number of aldehydes is 1. The quantitative estimate of drug-likeness (QED) is 0.346. The van der Waals surface area contributed by atoms with Gasteiger partial charge in [0.25, 0.3) is 0 Å². The Morgan fingerprint density at radius 2 is 1.91 bits per heavy atom. The molecule has 0 N–H and O–H groups in total. The number of carbonyl (C=O) groups excluding carboxylic acids is 2. The third-order valence-electron chi connectivity index (χ3n) is 2.85. The van der Waals surface area contributed by atoms with Gasteiger partial charge in [0.05, 0.1) is 12.1 Å². The van der Waals surface area contributed by atoms with E-state index in [9.17, 15) is 9.59 Å². The monoisotopic (exact) mass is 350 g/mol. The average molecular weight is 351 g/mol. The van der Waals surface area contributed by atoms with Crippen LogP contribution in [0.1, 0.15) is 15.9 Å². The lowest BCUT2D eigenvalue weighted by Crippen LogP contribution is -2.06. The first-order valence-electron chi connectivity index (χ1n) is 6.51. The molecular weight excluding hydrogens is 339 g/mol. The molecule has 2 rings (SSSR count). The Morgan fingerprint density at radius 3 is 2.57 bits per heavy atom. The van der Waals surface area contributed by atoms with Crippen LogP contribution in [0.3, 0.4) is 0 Å². The second-order valence-corrected chi connectivity index (χ2v) is 5.31. The summed E-state index contributed by atoms with van der Waals surface area (Å²) in [4.78, 5) is 22.7. The summed E-state index contributed by atoms with van der Waals surface area (Å²) in [5, 5.41) is 0.672. The molecule has 0 atom stereocenters. The molecule has 2 aromatic carbocycles. The third-order valence-corrected chi connectivity index (χ3v) is 3.37. The normalized spacial score (nSPS) is 10.6. The molecule has 23 heavy (non-hydrogen) atoms. The zero-order valence-corrected chi connectivity index (χ0v) is 13.6. The molecule has 0 aliphatic heterocycles. The van der Waals surface area contributed by atoms with E-state index in [1.807, 2.05) is 0 Å². The molecule has 0 bridgehead atoms. The molecule has 0 radical (unpaired) electrons. The number of rotatable bonds is 5. The van der Waals surface area contributed by atoms with Crippen molar-refractivity contribution in [1.82, 2.24) is 0 Å². The lowest BCUT2D eigenvalue weighted by Gasteiger charge is -2.10. The van der Waals surface area contributed by atoms with Crippen LogP contribution in [-0.4, -0.2) is 19.4 Å². The van der Waals surface area contributed by atoms with Crippen LogP contribution in [0.25, 0.3) is 6.08 Å². The predicted octanol–water partition coefficient (Wildman–Crippen LogP) is 4.43. The minimum atomic E-state index is -0.635. The van der Waals surface area contributed by atoms with Gasteiger partial charge in [-0.3, -0.25) is 4.79 Å². The van der Waals surface area contributed by atoms with Crippen molar-refractivity contribution >= 4 is 41.5 Å². The number of benzene rings is 2. The highest BCUT2D eigenvalue weighted by atomic mass is 35.5. The highest BCUT2D eigenvalue weighted by Gasteiger charge is 2.14. The molecule has 0 heterocycles. The average Bonchev–Trinajstić information content (AvgIpc) is 2.54. The summed E-state index contributed by atoms with van der Waals surface area (Å²) in [6.07, 6.45) is 3.43. The van der Waals surface area contributed by atoms with Gasteiger partial charge in [0.2, 0.25) is 0 Å². The fourth-order valence-electron chi connectivity index (χ4n) is 1.82. The number of esters is 1. The molecule has 4 nitrogen and oxygen atoms in total. The largest absolute Gasteiger partial charge is 0.493 e. The Hall–Kier alpha value is -2.30. The Labute approximate surface area is 143 Å². The number of hydrogen-bond acceptors (Lipinski definition) is 4. The summed E-state index contributed by atoms with van der Waals surface area (Å²) >= 11 is 11.9. The van der Waals surface area contributed by atoms with Crippen molar-refractivity contribution < 1.29 is 19.1 Å². The van der Waals surface area contributed by atoms with Crippen LogP contribution in [0.5, 0.6) is 11.5 Å². The zero-order chi connectivity index (χ0) is 16.8. The molecule has 0 spiro atoms. The fourth-order valence-corrected chi connectivity index (χ4v) is 2.27. The van der Waals surface area contributed by atoms with Crippen molar-refractivity contribution in [2.24, 2.45) is 0 Å². The molecule has 0 aromatic heterocycles. The van der Waals surface area contributed by atoms with E-state index in [0.717, 1.165) is 5.56 Å². The van der Waals surface area contributed by atoms with Crippen molar-refractivity contribution in [3.8, 4) is 11.5 Å². The van der Waals surface area contributed by atoms with Crippen LogP contribution in [0, 0.1) is 0 Å². The number of ether oxygens (including phenoxy) is 2. The maximum atomic E-state index is 11.9. The van der Waals surface area contributed by atoms with Gasteiger partial charge in [-0.05, 0) is 35.9 Å². The number of hydrogen-bond donors (Lipinski definition) is 0. The van der Waals surface area contributed by atoms with Gasteiger partial charge in [-0.2, -0.15) is 0 Å². The van der Waals surface area contributed by atoms with Gasteiger partial charge in [0, 0.05) is 16.7 Å². The topological polar surface area (TPSA) is 52.6 Å². The first-order chi connectivity index (χ1) is 11.0. The molecule has 0 aliphatic rings. The van der Waals surface area contributed by atoms with Crippen molar-refractivity contribution in [3.63, 3.8) is 0 Å². The van der Waals surface area contributed by atoms with E-state index in [1.165, 1.54) is 25.3 Å². The van der Waals surface area contributed by atoms with Crippen LogP contribution in [0.2, 0.25) is 10.0 Å². The first kappa shape index (κ1) is 17.1. The summed E-state index contributed by atoms with van der Waals surface area (Å²) in [7, 11) is 1.39. The smallest absolute Gasteiger partial charge is 0.336 e. The first-order valence-corrected chi connectivity index (χ1v) is 7.27. The van der Waals surface area contributed by atoms with E-state index in [-0.39, 0.29) is 16.5 Å². The van der Waals surface area contributed by atoms with Gasteiger partial charge in [-0.25, -0.2) is 4.79 Å². The van der Waals surface area contributed by atoms with Crippen LogP contribution >= 0.6 is 23.2 Å². The van der Waals surface area contributed by atoms with Gasteiger partial charge in [-0.15, -0.1) is 0 Å². The second-order valence-electron chi connectivity index (χ2n) is 4.46. The van der Waals surface area contributed by atoms with Gasteiger partial charge in [-0.1, -0.05) is 35.3 Å². The molecule has 0 amide bonds. The Balaban J connectivity index is 2.18. The summed E-state index contributed by atoms with van der Waals surface area (Å²) < 4.78 is 10.3. The van der Waals surface area contributed by atoms with Crippen LogP contribution in [0.4, 0.5) is 0 Å². The van der Waals surface area contributed by atoms with Crippen LogP contribution in [0.15, 0.2) is 42.5 Å². The molecule has 118 valence electrons. The summed E-state index contributed by atoms with van der Waals surface area (Å²) in [5.41, 5.74) is 1.07. The number of methoxy groups -OCH3 is 1. The fraction of sp³-hybridized carbons (Fsp3) is 0.0588. The minimum absolute atomic E-state index is 0.0560. The van der Waals surface area contributed by atoms with E-state index in [4.69, 9.17) is 32.7 Å². The lowest BCUT2D eigenvalue weighted by atomic mass is 10.2.